The lowest BCUT2D eigenvalue weighted by Gasteiger charge is -2.07. The summed E-state index contributed by atoms with van der Waals surface area (Å²) in [6.45, 7) is 0.483. The molecule has 6 nitrogen and oxygen atoms in total. The number of carbonyl (C=O) groups excluding carboxylic acids is 1. The number of carbonyl (C=O) groups is 1. The molecule has 0 fully saturated rings. The number of hydrogen-bond acceptors (Lipinski definition) is 4. The van der Waals surface area contributed by atoms with Crippen molar-refractivity contribution in [1.29, 1.82) is 0 Å². The van der Waals surface area contributed by atoms with Gasteiger partial charge in [-0.05, 0) is 36.4 Å². The Hall–Kier alpha value is -2.93. The highest BCUT2D eigenvalue weighted by Gasteiger charge is 2.14. The van der Waals surface area contributed by atoms with Gasteiger partial charge in [0, 0.05) is 21.8 Å². The molecule has 0 saturated heterocycles. The van der Waals surface area contributed by atoms with E-state index in [1.807, 2.05) is 36.4 Å². The molecular formula is C19H15BrN2O4. The number of urea groups is 1. The topological polar surface area (TPSA) is 72.7 Å². The maximum Gasteiger partial charge on any atom is 0.319 e. The molecule has 0 bridgehead atoms. The van der Waals surface area contributed by atoms with Crippen LogP contribution in [-0.2, 0) is 6.54 Å². The minimum atomic E-state index is -0.328. The zero-order valence-electron chi connectivity index (χ0n) is 13.6. The van der Waals surface area contributed by atoms with Crippen molar-refractivity contribution < 1.29 is 18.7 Å². The van der Waals surface area contributed by atoms with Crippen molar-refractivity contribution in [2.75, 3.05) is 12.1 Å². The van der Waals surface area contributed by atoms with Crippen LogP contribution in [0.25, 0.3) is 11.3 Å². The summed E-state index contributed by atoms with van der Waals surface area (Å²) in [5.41, 5.74) is 1.60. The fourth-order valence-electron chi connectivity index (χ4n) is 2.56. The van der Waals surface area contributed by atoms with Crippen molar-refractivity contribution in [3.8, 4) is 22.8 Å². The summed E-state index contributed by atoms with van der Waals surface area (Å²) in [5.74, 6) is 2.72. The third kappa shape index (κ3) is 3.67. The van der Waals surface area contributed by atoms with Crippen LogP contribution < -0.4 is 20.1 Å². The SMILES string of the molecule is O=C(NCc1ccc(-c2ccc(Br)cc2)o1)Nc1ccc2c(c1)OCO2. The molecule has 2 heterocycles. The molecule has 3 aromatic rings. The van der Waals surface area contributed by atoms with Gasteiger partial charge in [0.2, 0.25) is 6.79 Å². The van der Waals surface area contributed by atoms with E-state index in [2.05, 4.69) is 26.6 Å². The van der Waals surface area contributed by atoms with Gasteiger partial charge in [0.05, 0.1) is 6.54 Å². The summed E-state index contributed by atoms with van der Waals surface area (Å²) in [4.78, 5) is 12.1. The van der Waals surface area contributed by atoms with Crippen LogP contribution in [0.4, 0.5) is 10.5 Å². The third-order valence-corrected chi connectivity index (χ3v) is 4.37. The molecule has 132 valence electrons. The van der Waals surface area contributed by atoms with Gasteiger partial charge in [0.1, 0.15) is 11.5 Å². The number of hydrogen-bond donors (Lipinski definition) is 2. The van der Waals surface area contributed by atoms with Crippen LogP contribution in [0, 0.1) is 0 Å². The van der Waals surface area contributed by atoms with Crippen molar-refractivity contribution in [2.24, 2.45) is 0 Å². The average molecular weight is 415 g/mol. The highest BCUT2D eigenvalue weighted by molar-refractivity contribution is 9.10. The van der Waals surface area contributed by atoms with E-state index in [-0.39, 0.29) is 19.4 Å². The standard InChI is InChI=1S/C19H15BrN2O4/c20-13-3-1-12(2-4-13)16-8-6-15(26-16)10-21-19(23)22-14-5-7-17-18(9-14)25-11-24-17/h1-9H,10-11H2,(H2,21,22,23). The quantitative estimate of drug-likeness (QED) is 0.645. The second kappa shape index (κ2) is 7.13. The normalized spacial score (nSPS) is 12.0. The molecule has 2 amide bonds. The van der Waals surface area contributed by atoms with Gasteiger partial charge in [-0.2, -0.15) is 0 Å². The molecule has 2 N–H and O–H groups in total. The molecule has 1 aromatic heterocycles. The first-order valence-electron chi connectivity index (χ1n) is 7.96. The molecule has 4 rings (SSSR count). The number of halogens is 1. The summed E-state index contributed by atoms with van der Waals surface area (Å²) < 4.78 is 17.3. The Morgan fingerprint density at radius 1 is 1.00 bits per heavy atom. The Kier molecular flexibility index (Phi) is 4.53. The molecule has 0 aliphatic carbocycles. The fraction of sp³-hybridized carbons (Fsp3) is 0.105. The van der Waals surface area contributed by atoms with Crippen LogP contribution in [-0.4, -0.2) is 12.8 Å². The Bertz CT molecular complexity index is 937. The minimum absolute atomic E-state index is 0.199. The highest BCUT2D eigenvalue weighted by atomic mass is 79.9. The van der Waals surface area contributed by atoms with Crippen LogP contribution >= 0.6 is 15.9 Å². The first-order valence-corrected chi connectivity index (χ1v) is 8.76. The largest absolute Gasteiger partial charge is 0.459 e. The molecule has 1 aliphatic rings. The van der Waals surface area contributed by atoms with Gasteiger partial charge in [-0.25, -0.2) is 4.79 Å². The number of nitrogens with one attached hydrogen (secondary N) is 2. The molecule has 1 aliphatic heterocycles. The van der Waals surface area contributed by atoms with E-state index in [1.54, 1.807) is 18.2 Å². The number of furan rings is 1. The van der Waals surface area contributed by atoms with Gasteiger partial charge in [-0.1, -0.05) is 28.1 Å². The predicted molar refractivity (Wildman–Crippen MR) is 100 cm³/mol. The second-order valence-electron chi connectivity index (χ2n) is 5.65. The number of benzene rings is 2. The third-order valence-electron chi connectivity index (χ3n) is 3.84. The van der Waals surface area contributed by atoms with E-state index in [4.69, 9.17) is 13.9 Å². The van der Waals surface area contributed by atoms with E-state index in [1.165, 1.54) is 0 Å². The zero-order chi connectivity index (χ0) is 17.9. The lowest BCUT2D eigenvalue weighted by molar-refractivity contribution is 0.174. The minimum Gasteiger partial charge on any atom is -0.459 e. The van der Waals surface area contributed by atoms with Gasteiger partial charge in [-0.3, -0.25) is 0 Å². The first kappa shape index (κ1) is 16.5. The van der Waals surface area contributed by atoms with Gasteiger partial charge in [0.25, 0.3) is 0 Å². The van der Waals surface area contributed by atoms with Crippen LogP contribution in [0.5, 0.6) is 11.5 Å². The summed E-state index contributed by atoms with van der Waals surface area (Å²) in [5, 5.41) is 5.52. The number of anilines is 1. The average Bonchev–Trinajstić information content (AvgIpc) is 3.29. The molecule has 0 radical (unpaired) electrons. The maximum absolute atomic E-state index is 12.1. The lowest BCUT2D eigenvalue weighted by atomic mass is 10.2. The van der Waals surface area contributed by atoms with Crippen LogP contribution in [0.1, 0.15) is 5.76 Å². The van der Waals surface area contributed by atoms with E-state index < -0.39 is 0 Å². The highest BCUT2D eigenvalue weighted by Crippen LogP contribution is 2.34. The summed E-state index contributed by atoms with van der Waals surface area (Å²) in [6.07, 6.45) is 0. The number of fused-ring (bicyclic) bond motifs is 1. The molecule has 2 aromatic carbocycles. The zero-order valence-corrected chi connectivity index (χ0v) is 15.2. The predicted octanol–water partition coefficient (Wildman–Crippen LogP) is 4.76. The van der Waals surface area contributed by atoms with E-state index in [0.29, 0.717) is 22.9 Å². The van der Waals surface area contributed by atoms with Gasteiger partial charge >= 0.3 is 6.03 Å². The monoisotopic (exact) mass is 414 g/mol. The van der Waals surface area contributed by atoms with E-state index in [0.717, 1.165) is 15.8 Å². The van der Waals surface area contributed by atoms with Crippen molar-refractivity contribution in [2.45, 2.75) is 6.54 Å². The van der Waals surface area contributed by atoms with Crippen molar-refractivity contribution >= 4 is 27.6 Å². The van der Waals surface area contributed by atoms with E-state index >= 15 is 0 Å². The van der Waals surface area contributed by atoms with Crippen molar-refractivity contribution in [3.63, 3.8) is 0 Å². The maximum atomic E-state index is 12.1. The molecule has 0 spiro atoms. The Morgan fingerprint density at radius 3 is 2.65 bits per heavy atom. The molecular weight excluding hydrogens is 400 g/mol. The number of amides is 2. The van der Waals surface area contributed by atoms with Gasteiger partial charge in [-0.15, -0.1) is 0 Å². The van der Waals surface area contributed by atoms with Gasteiger partial charge in [0.15, 0.2) is 11.5 Å². The van der Waals surface area contributed by atoms with Crippen LogP contribution in [0.3, 0.4) is 0 Å². The second-order valence-corrected chi connectivity index (χ2v) is 6.56. The van der Waals surface area contributed by atoms with Gasteiger partial charge < -0.3 is 24.5 Å². The molecule has 26 heavy (non-hydrogen) atoms. The number of rotatable bonds is 4. The Labute approximate surface area is 158 Å². The Morgan fingerprint density at radius 2 is 1.81 bits per heavy atom. The smallest absolute Gasteiger partial charge is 0.319 e. The summed E-state index contributed by atoms with van der Waals surface area (Å²) in [7, 11) is 0. The summed E-state index contributed by atoms with van der Waals surface area (Å²) in [6, 6.07) is 16.5. The van der Waals surface area contributed by atoms with Crippen LogP contribution in [0.15, 0.2) is 63.5 Å². The van der Waals surface area contributed by atoms with Crippen molar-refractivity contribution in [3.05, 3.63) is 64.8 Å². The summed E-state index contributed by atoms with van der Waals surface area (Å²) >= 11 is 3.41. The Balaban J connectivity index is 1.34. The van der Waals surface area contributed by atoms with E-state index in [9.17, 15) is 4.79 Å². The fourth-order valence-corrected chi connectivity index (χ4v) is 2.82. The molecule has 0 saturated carbocycles. The molecule has 0 unspecified atom stereocenters. The first-order chi connectivity index (χ1) is 12.7. The van der Waals surface area contributed by atoms with Crippen LogP contribution in [0.2, 0.25) is 0 Å². The van der Waals surface area contributed by atoms with Crippen molar-refractivity contribution in [1.82, 2.24) is 5.32 Å². The number of ether oxygens (including phenoxy) is 2. The molecule has 7 heteroatoms. The lowest BCUT2D eigenvalue weighted by Crippen LogP contribution is -2.27. The molecule has 0 atom stereocenters.